The van der Waals surface area contributed by atoms with Crippen LogP contribution in [0, 0.1) is 0 Å². The number of hydrogen-bond donors (Lipinski definition) is 1. The van der Waals surface area contributed by atoms with Crippen molar-refractivity contribution >= 4 is 17.4 Å². The van der Waals surface area contributed by atoms with Gasteiger partial charge in [-0.15, -0.1) is 0 Å². The van der Waals surface area contributed by atoms with Crippen LogP contribution >= 0.6 is 11.5 Å². The van der Waals surface area contributed by atoms with Gasteiger partial charge in [0.05, 0.1) is 7.11 Å². The third kappa shape index (κ3) is 4.43. The Morgan fingerprint density at radius 3 is 2.74 bits per heavy atom. The van der Waals surface area contributed by atoms with Crippen LogP contribution in [0.15, 0.2) is 48.5 Å². The maximum Gasteiger partial charge on any atom is 0.298 e. The molecule has 7 heteroatoms. The summed E-state index contributed by atoms with van der Waals surface area (Å²) >= 11 is 1.18. The van der Waals surface area contributed by atoms with Crippen molar-refractivity contribution in [3.63, 3.8) is 0 Å². The third-order valence-corrected chi connectivity index (χ3v) is 4.82. The van der Waals surface area contributed by atoms with Crippen molar-refractivity contribution < 1.29 is 14.3 Å². The molecule has 2 aromatic carbocycles. The Bertz CT molecular complexity index is 939. The number of hydrogen-bond acceptors (Lipinski definition) is 6. The average molecular weight is 381 g/mol. The van der Waals surface area contributed by atoms with Crippen LogP contribution in [-0.4, -0.2) is 28.4 Å². The summed E-state index contributed by atoms with van der Waals surface area (Å²) in [7, 11) is 1.56. The molecule has 0 spiro atoms. The van der Waals surface area contributed by atoms with Crippen molar-refractivity contribution in [2.75, 3.05) is 7.11 Å². The minimum Gasteiger partial charge on any atom is -0.493 e. The van der Waals surface area contributed by atoms with E-state index in [0.717, 1.165) is 18.4 Å². The van der Waals surface area contributed by atoms with Gasteiger partial charge in [0, 0.05) is 29.6 Å². The van der Waals surface area contributed by atoms with E-state index in [1.54, 1.807) is 25.3 Å². The fourth-order valence-corrected chi connectivity index (χ4v) is 3.18. The quantitative estimate of drug-likeness (QED) is 0.673. The SMILES string of the molecule is COc1ccc(C(=O)NC2CC2)cc1Oc1nc(Cc2ccccc2)ns1. The molecule has 1 N–H and O–H groups in total. The Morgan fingerprint density at radius 2 is 2.00 bits per heavy atom. The second-order valence-corrected chi connectivity index (χ2v) is 7.07. The molecule has 6 nitrogen and oxygen atoms in total. The lowest BCUT2D eigenvalue weighted by molar-refractivity contribution is 0.0950. The standard InChI is InChI=1S/C20H19N3O3S/c1-25-16-10-7-14(19(24)21-15-8-9-15)12-17(16)26-20-22-18(23-27-20)11-13-5-3-2-4-6-13/h2-7,10,12,15H,8-9,11H2,1H3,(H,21,24). The molecule has 0 unspecified atom stereocenters. The summed E-state index contributed by atoms with van der Waals surface area (Å²) in [6, 6.07) is 15.4. The number of rotatable bonds is 7. The van der Waals surface area contributed by atoms with Crippen LogP contribution in [-0.2, 0) is 6.42 Å². The lowest BCUT2D eigenvalue weighted by atomic mass is 10.1. The molecular weight excluding hydrogens is 362 g/mol. The minimum absolute atomic E-state index is 0.105. The van der Waals surface area contributed by atoms with Crippen molar-refractivity contribution in [2.24, 2.45) is 0 Å². The van der Waals surface area contributed by atoms with Gasteiger partial charge in [-0.2, -0.15) is 9.36 Å². The second kappa shape index (κ2) is 7.75. The molecule has 0 saturated heterocycles. The maximum atomic E-state index is 12.3. The summed E-state index contributed by atoms with van der Waals surface area (Å²) < 4.78 is 15.6. The van der Waals surface area contributed by atoms with Crippen LogP contribution in [0.4, 0.5) is 0 Å². The van der Waals surface area contributed by atoms with Gasteiger partial charge in [0.15, 0.2) is 17.3 Å². The third-order valence-electron chi connectivity index (χ3n) is 4.19. The van der Waals surface area contributed by atoms with Crippen LogP contribution in [0.1, 0.15) is 34.6 Å². The molecule has 0 radical (unpaired) electrons. The normalized spacial score (nSPS) is 13.2. The number of carbonyl (C=O) groups excluding carboxylic acids is 1. The summed E-state index contributed by atoms with van der Waals surface area (Å²) in [6.07, 6.45) is 2.72. The minimum atomic E-state index is -0.105. The number of carbonyl (C=O) groups is 1. The molecule has 1 heterocycles. The Balaban J connectivity index is 1.50. The lowest BCUT2D eigenvalue weighted by Gasteiger charge is -2.10. The summed E-state index contributed by atoms with van der Waals surface area (Å²) in [4.78, 5) is 16.7. The highest BCUT2D eigenvalue weighted by Crippen LogP contribution is 2.33. The Morgan fingerprint density at radius 1 is 1.19 bits per heavy atom. The average Bonchev–Trinajstić information content (AvgIpc) is 3.40. The number of aromatic nitrogens is 2. The van der Waals surface area contributed by atoms with E-state index in [4.69, 9.17) is 9.47 Å². The molecule has 1 saturated carbocycles. The van der Waals surface area contributed by atoms with E-state index in [0.29, 0.717) is 40.5 Å². The van der Waals surface area contributed by atoms with Crippen molar-refractivity contribution in [1.29, 1.82) is 0 Å². The molecule has 1 aromatic heterocycles. The first kappa shape index (κ1) is 17.5. The van der Waals surface area contributed by atoms with Gasteiger partial charge in [0.2, 0.25) is 0 Å². The monoisotopic (exact) mass is 381 g/mol. The number of benzene rings is 2. The van der Waals surface area contributed by atoms with E-state index in [2.05, 4.69) is 14.7 Å². The summed E-state index contributed by atoms with van der Waals surface area (Å²) in [5, 5.41) is 3.39. The highest BCUT2D eigenvalue weighted by molar-refractivity contribution is 7.07. The van der Waals surface area contributed by atoms with E-state index in [1.807, 2.05) is 30.3 Å². The van der Waals surface area contributed by atoms with E-state index in [1.165, 1.54) is 11.5 Å². The van der Waals surface area contributed by atoms with Gasteiger partial charge in [-0.1, -0.05) is 30.3 Å². The fourth-order valence-electron chi connectivity index (χ4n) is 2.62. The molecular formula is C20H19N3O3S. The molecule has 1 amide bonds. The topological polar surface area (TPSA) is 73.3 Å². The molecule has 1 fully saturated rings. The first-order chi connectivity index (χ1) is 13.2. The maximum absolute atomic E-state index is 12.3. The van der Waals surface area contributed by atoms with Crippen LogP contribution in [0.3, 0.4) is 0 Å². The molecule has 3 aromatic rings. The van der Waals surface area contributed by atoms with Crippen LogP contribution in [0.2, 0.25) is 0 Å². The Labute approximate surface area is 161 Å². The van der Waals surface area contributed by atoms with E-state index in [9.17, 15) is 4.79 Å². The van der Waals surface area contributed by atoms with Crippen molar-refractivity contribution in [3.05, 3.63) is 65.5 Å². The number of amides is 1. The molecule has 0 atom stereocenters. The molecule has 1 aliphatic rings. The summed E-state index contributed by atoms with van der Waals surface area (Å²) in [5.41, 5.74) is 1.67. The molecule has 0 aliphatic heterocycles. The van der Waals surface area contributed by atoms with Gasteiger partial charge in [-0.25, -0.2) is 0 Å². The number of nitrogens with one attached hydrogen (secondary N) is 1. The predicted molar refractivity (Wildman–Crippen MR) is 103 cm³/mol. The highest BCUT2D eigenvalue weighted by atomic mass is 32.1. The van der Waals surface area contributed by atoms with Crippen LogP contribution < -0.4 is 14.8 Å². The second-order valence-electron chi connectivity index (χ2n) is 6.35. The molecule has 4 rings (SSSR count). The van der Waals surface area contributed by atoms with E-state index in [-0.39, 0.29) is 5.91 Å². The van der Waals surface area contributed by atoms with Gasteiger partial charge in [0.25, 0.3) is 11.1 Å². The lowest BCUT2D eigenvalue weighted by Crippen LogP contribution is -2.25. The summed E-state index contributed by atoms with van der Waals surface area (Å²) in [5.74, 6) is 1.58. The van der Waals surface area contributed by atoms with Crippen LogP contribution in [0.25, 0.3) is 0 Å². The largest absolute Gasteiger partial charge is 0.493 e. The molecule has 0 bridgehead atoms. The first-order valence-electron chi connectivity index (χ1n) is 8.74. The zero-order valence-electron chi connectivity index (χ0n) is 14.8. The van der Waals surface area contributed by atoms with E-state index < -0.39 is 0 Å². The van der Waals surface area contributed by atoms with Crippen molar-refractivity contribution in [1.82, 2.24) is 14.7 Å². The van der Waals surface area contributed by atoms with Gasteiger partial charge >= 0.3 is 0 Å². The zero-order chi connectivity index (χ0) is 18.6. The van der Waals surface area contributed by atoms with Gasteiger partial charge in [-0.05, 0) is 36.6 Å². The predicted octanol–water partition coefficient (Wildman–Crippen LogP) is 3.82. The van der Waals surface area contributed by atoms with Crippen molar-refractivity contribution in [2.45, 2.75) is 25.3 Å². The molecule has 1 aliphatic carbocycles. The summed E-state index contributed by atoms with van der Waals surface area (Å²) in [6.45, 7) is 0. The zero-order valence-corrected chi connectivity index (χ0v) is 15.7. The Kier molecular flexibility index (Phi) is 5.02. The smallest absolute Gasteiger partial charge is 0.298 e. The fraction of sp³-hybridized carbons (Fsp3) is 0.250. The van der Waals surface area contributed by atoms with Crippen LogP contribution in [0.5, 0.6) is 16.7 Å². The first-order valence-corrected chi connectivity index (χ1v) is 9.52. The van der Waals surface area contributed by atoms with Gasteiger partial charge in [0.1, 0.15) is 0 Å². The van der Waals surface area contributed by atoms with E-state index >= 15 is 0 Å². The van der Waals surface area contributed by atoms with Gasteiger partial charge in [-0.3, -0.25) is 4.79 Å². The molecule has 27 heavy (non-hydrogen) atoms. The number of methoxy groups -OCH3 is 1. The number of ether oxygens (including phenoxy) is 2. The number of nitrogens with zero attached hydrogens (tertiary/aromatic N) is 2. The molecule has 138 valence electrons. The Hall–Kier alpha value is -2.93. The highest BCUT2D eigenvalue weighted by Gasteiger charge is 2.24. The van der Waals surface area contributed by atoms with Gasteiger partial charge < -0.3 is 14.8 Å². The van der Waals surface area contributed by atoms with Crippen molar-refractivity contribution in [3.8, 4) is 16.7 Å².